The zero-order valence-electron chi connectivity index (χ0n) is 18.6. The van der Waals surface area contributed by atoms with E-state index in [0.29, 0.717) is 36.4 Å². The van der Waals surface area contributed by atoms with Crippen LogP contribution in [0, 0.1) is 11.3 Å². The van der Waals surface area contributed by atoms with E-state index in [0.717, 1.165) is 19.1 Å². The Hall–Kier alpha value is -3.52. The van der Waals surface area contributed by atoms with Crippen LogP contribution in [-0.2, 0) is 9.84 Å². The minimum atomic E-state index is -3.31. The topological polar surface area (TPSA) is 135 Å². The van der Waals surface area contributed by atoms with Gasteiger partial charge in [-0.3, -0.25) is 0 Å². The number of ether oxygens (including phenoxy) is 1. The molecule has 0 N–H and O–H groups in total. The summed E-state index contributed by atoms with van der Waals surface area (Å²) in [7, 11) is -3.31. The SMILES string of the molecule is CC(C)c1noc(C2CCN(c3ncnc(Oc4ccc(S(C)(=O)=O)cc4)c3C#N)CC2)n1. The highest BCUT2D eigenvalue weighted by molar-refractivity contribution is 7.90. The zero-order valence-corrected chi connectivity index (χ0v) is 19.4. The van der Waals surface area contributed by atoms with Crippen LogP contribution >= 0.6 is 0 Å². The van der Waals surface area contributed by atoms with Crippen molar-refractivity contribution in [1.82, 2.24) is 20.1 Å². The molecular weight excluding hydrogens is 444 g/mol. The molecule has 0 atom stereocenters. The molecule has 0 bridgehead atoms. The van der Waals surface area contributed by atoms with Gasteiger partial charge in [-0.05, 0) is 37.1 Å². The summed E-state index contributed by atoms with van der Waals surface area (Å²) in [6.45, 7) is 5.38. The minimum Gasteiger partial charge on any atom is -0.437 e. The Bertz CT molecular complexity index is 1270. The Kier molecular flexibility index (Phi) is 6.29. The number of hydrogen-bond acceptors (Lipinski definition) is 10. The third-order valence-corrected chi connectivity index (χ3v) is 6.62. The molecule has 1 aliphatic rings. The lowest BCUT2D eigenvalue weighted by atomic mass is 9.96. The largest absolute Gasteiger partial charge is 0.437 e. The lowest BCUT2D eigenvalue weighted by molar-refractivity contribution is 0.325. The standard InChI is InChI=1S/C22H24N6O4S/c1-14(2)19-26-21(32-27-19)15-8-10-28(11-9-15)20-18(12-23)22(25-13-24-20)31-16-4-6-17(7-5-16)33(3,29)30/h4-7,13-15H,8-11H2,1-3H3. The number of aromatic nitrogens is 4. The van der Waals surface area contributed by atoms with Gasteiger partial charge in [-0.25, -0.2) is 18.4 Å². The maximum atomic E-state index is 11.6. The minimum absolute atomic E-state index is 0.121. The number of nitriles is 1. The monoisotopic (exact) mass is 468 g/mol. The van der Waals surface area contributed by atoms with E-state index in [9.17, 15) is 13.7 Å². The van der Waals surface area contributed by atoms with Crippen molar-refractivity contribution < 1.29 is 17.7 Å². The third-order valence-electron chi connectivity index (χ3n) is 5.49. The van der Waals surface area contributed by atoms with Crippen molar-refractivity contribution in [2.75, 3.05) is 24.2 Å². The summed E-state index contributed by atoms with van der Waals surface area (Å²) in [5.41, 5.74) is 0.225. The summed E-state index contributed by atoms with van der Waals surface area (Å²) >= 11 is 0. The molecule has 1 fully saturated rings. The van der Waals surface area contributed by atoms with Crippen LogP contribution in [0.1, 0.15) is 55.8 Å². The van der Waals surface area contributed by atoms with Gasteiger partial charge in [0.15, 0.2) is 27.0 Å². The molecule has 1 aromatic carbocycles. The van der Waals surface area contributed by atoms with Crippen LogP contribution in [0.25, 0.3) is 0 Å². The van der Waals surface area contributed by atoms with Gasteiger partial charge in [0.1, 0.15) is 18.1 Å². The number of piperidine rings is 1. The molecule has 0 spiro atoms. The van der Waals surface area contributed by atoms with Crippen molar-refractivity contribution in [3.05, 3.63) is 47.9 Å². The predicted octanol–water partition coefficient (Wildman–Crippen LogP) is 3.43. The number of nitrogens with zero attached hydrogens (tertiary/aromatic N) is 6. The summed E-state index contributed by atoms with van der Waals surface area (Å²) in [5.74, 6) is 2.74. The van der Waals surface area contributed by atoms with Crippen molar-refractivity contribution in [3.8, 4) is 17.7 Å². The van der Waals surface area contributed by atoms with Gasteiger partial charge in [-0.15, -0.1) is 0 Å². The molecule has 1 aliphatic heterocycles. The Balaban J connectivity index is 1.49. The highest BCUT2D eigenvalue weighted by atomic mass is 32.2. The van der Waals surface area contributed by atoms with E-state index >= 15 is 0 Å². The van der Waals surface area contributed by atoms with Crippen LogP contribution in [0.4, 0.5) is 5.82 Å². The normalized spacial score (nSPS) is 14.9. The van der Waals surface area contributed by atoms with Crippen molar-refractivity contribution in [2.24, 2.45) is 0 Å². The number of rotatable bonds is 6. The third kappa shape index (κ3) is 4.96. The molecule has 11 heteroatoms. The fourth-order valence-electron chi connectivity index (χ4n) is 3.63. The van der Waals surface area contributed by atoms with Crippen molar-refractivity contribution in [3.63, 3.8) is 0 Å². The quantitative estimate of drug-likeness (QED) is 0.529. The highest BCUT2D eigenvalue weighted by Gasteiger charge is 2.28. The summed E-state index contributed by atoms with van der Waals surface area (Å²) in [4.78, 5) is 15.2. The molecule has 10 nitrogen and oxygen atoms in total. The average Bonchev–Trinajstić information content (AvgIpc) is 3.30. The van der Waals surface area contributed by atoms with E-state index < -0.39 is 9.84 Å². The zero-order chi connectivity index (χ0) is 23.6. The fourth-order valence-corrected chi connectivity index (χ4v) is 4.26. The van der Waals surface area contributed by atoms with Crippen molar-refractivity contribution in [2.45, 2.75) is 43.4 Å². The maximum Gasteiger partial charge on any atom is 0.242 e. The molecule has 33 heavy (non-hydrogen) atoms. The molecule has 2 aromatic heterocycles. The first-order valence-corrected chi connectivity index (χ1v) is 12.5. The van der Waals surface area contributed by atoms with E-state index in [1.807, 2.05) is 18.7 Å². The van der Waals surface area contributed by atoms with Gasteiger partial charge >= 0.3 is 0 Å². The van der Waals surface area contributed by atoms with Crippen LogP contribution in [0.3, 0.4) is 0 Å². The van der Waals surface area contributed by atoms with Gasteiger partial charge in [0.25, 0.3) is 0 Å². The Morgan fingerprint density at radius 3 is 2.45 bits per heavy atom. The molecule has 172 valence electrons. The van der Waals surface area contributed by atoms with Crippen LogP contribution in [-0.4, -0.2) is 47.9 Å². The van der Waals surface area contributed by atoms with Gasteiger partial charge in [0.05, 0.1) is 4.90 Å². The van der Waals surface area contributed by atoms with Crippen molar-refractivity contribution in [1.29, 1.82) is 5.26 Å². The molecule has 3 aromatic rings. The first kappa shape index (κ1) is 22.7. The molecule has 3 heterocycles. The average molecular weight is 469 g/mol. The molecule has 0 amide bonds. The van der Waals surface area contributed by atoms with Gasteiger partial charge in [-0.1, -0.05) is 19.0 Å². The fraction of sp³-hybridized carbons (Fsp3) is 0.409. The Morgan fingerprint density at radius 2 is 1.88 bits per heavy atom. The number of sulfone groups is 1. The first-order chi connectivity index (χ1) is 15.8. The molecule has 0 unspecified atom stereocenters. The lowest BCUT2D eigenvalue weighted by Gasteiger charge is -2.31. The molecule has 0 saturated carbocycles. The summed E-state index contributed by atoms with van der Waals surface area (Å²) in [5, 5.41) is 13.8. The molecule has 1 saturated heterocycles. The molecule has 0 radical (unpaired) electrons. The molecule has 0 aliphatic carbocycles. The number of anilines is 1. The van der Waals surface area contributed by atoms with Gasteiger partial charge in [0, 0.05) is 31.2 Å². The van der Waals surface area contributed by atoms with E-state index in [-0.39, 0.29) is 28.2 Å². The van der Waals surface area contributed by atoms with E-state index in [4.69, 9.17) is 9.26 Å². The number of benzene rings is 1. The van der Waals surface area contributed by atoms with Crippen LogP contribution in [0.5, 0.6) is 11.6 Å². The summed E-state index contributed by atoms with van der Waals surface area (Å²) in [6, 6.07) is 8.10. The van der Waals surface area contributed by atoms with Gasteiger partial charge < -0.3 is 14.2 Å². The van der Waals surface area contributed by atoms with Crippen LogP contribution in [0.15, 0.2) is 40.0 Å². The van der Waals surface area contributed by atoms with Crippen LogP contribution < -0.4 is 9.64 Å². The first-order valence-electron chi connectivity index (χ1n) is 10.6. The second kappa shape index (κ2) is 9.15. The highest BCUT2D eigenvalue weighted by Crippen LogP contribution is 2.33. The maximum absolute atomic E-state index is 11.6. The summed E-state index contributed by atoms with van der Waals surface area (Å²) in [6.07, 6.45) is 4.07. The van der Waals surface area contributed by atoms with Crippen molar-refractivity contribution >= 4 is 15.7 Å². The number of hydrogen-bond donors (Lipinski definition) is 0. The lowest BCUT2D eigenvalue weighted by Crippen LogP contribution is -2.34. The van der Waals surface area contributed by atoms with Gasteiger partial charge in [0.2, 0.25) is 11.8 Å². The molecule has 4 rings (SSSR count). The van der Waals surface area contributed by atoms with Gasteiger partial charge in [-0.2, -0.15) is 10.2 Å². The predicted molar refractivity (Wildman–Crippen MR) is 119 cm³/mol. The van der Waals surface area contributed by atoms with E-state index in [2.05, 4.69) is 26.2 Å². The van der Waals surface area contributed by atoms with E-state index in [1.54, 1.807) is 0 Å². The Labute approximate surface area is 192 Å². The van der Waals surface area contributed by atoms with E-state index in [1.165, 1.54) is 30.6 Å². The van der Waals surface area contributed by atoms with Crippen LogP contribution in [0.2, 0.25) is 0 Å². The molecular formula is C22H24N6O4S. The summed E-state index contributed by atoms with van der Waals surface area (Å²) < 4.78 is 34.5. The Morgan fingerprint density at radius 1 is 1.18 bits per heavy atom. The smallest absolute Gasteiger partial charge is 0.242 e. The second-order valence-electron chi connectivity index (χ2n) is 8.24. The second-order valence-corrected chi connectivity index (χ2v) is 10.3.